The monoisotopic (exact) mass is 544 g/mol. The van der Waals surface area contributed by atoms with E-state index in [9.17, 15) is 36.4 Å². The van der Waals surface area contributed by atoms with Crippen molar-refractivity contribution in [1.82, 2.24) is 0 Å². The van der Waals surface area contributed by atoms with Gasteiger partial charge in [-0.3, -0.25) is 0 Å². The van der Waals surface area contributed by atoms with E-state index in [1.54, 1.807) is 9.80 Å². The third-order valence-electron chi connectivity index (χ3n) is 5.50. The third kappa shape index (κ3) is 18.6. The molecule has 0 saturated heterocycles. The highest BCUT2D eigenvalue weighted by molar-refractivity contribution is 6.55. The molecule has 0 saturated carbocycles. The van der Waals surface area contributed by atoms with Gasteiger partial charge in [-0.05, 0) is 44.6 Å². The van der Waals surface area contributed by atoms with Gasteiger partial charge in [0.25, 0.3) is 0 Å². The highest BCUT2D eigenvalue weighted by atomic mass is 19.4. The first-order chi connectivity index (χ1) is 17.2. The topological polar surface area (TPSA) is 55.0 Å². The van der Waals surface area contributed by atoms with Gasteiger partial charge >= 0.3 is 12.4 Å². The van der Waals surface area contributed by atoms with Crippen LogP contribution in [0.5, 0.6) is 0 Å². The van der Waals surface area contributed by atoms with E-state index in [-0.39, 0.29) is 18.2 Å². The SMILES string of the molecule is CCC[NH+](CCC)CCC.CCC[NH+](CCC)CCC.[O-]B([O-])c1cc(C(F)(F)F)cc(C(F)(F)F)c1. The molecule has 1 aromatic carbocycles. The lowest BCUT2D eigenvalue weighted by molar-refractivity contribution is -0.900. The lowest BCUT2D eigenvalue weighted by Crippen LogP contribution is -3.11. The van der Waals surface area contributed by atoms with Crippen molar-refractivity contribution in [1.29, 1.82) is 0 Å². The second-order valence-electron chi connectivity index (χ2n) is 9.17. The fourth-order valence-electron chi connectivity index (χ4n) is 3.99. The predicted molar refractivity (Wildman–Crippen MR) is 135 cm³/mol. The van der Waals surface area contributed by atoms with Crippen molar-refractivity contribution in [3.05, 3.63) is 29.3 Å². The quantitative estimate of drug-likeness (QED) is 0.296. The van der Waals surface area contributed by atoms with Crippen molar-refractivity contribution in [3.8, 4) is 0 Å². The molecule has 0 spiro atoms. The summed E-state index contributed by atoms with van der Waals surface area (Å²) in [4.78, 5) is 3.57. The van der Waals surface area contributed by atoms with Crippen LogP contribution in [0.3, 0.4) is 0 Å². The summed E-state index contributed by atoms with van der Waals surface area (Å²) >= 11 is 0. The van der Waals surface area contributed by atoms with Crippen LogP contribution < -0.4 is 25.3 Å². The van der Waals surface area contributed by atoms with E-state index in [1.807, 2.05) is 0 Å². The molecule has 0 aliphatic heterocycles. The number of hydrogen-bond donors (Lipinski definition) is 2. The molecular formula is C26H47BF6N2O2. The summed E-state index contributed by atoms with van der Waals surface area (Å²) in [6.07, 6.45) is -2.13. The molecule has 0 bridgehead atoms. The average molecular weight is 544 g/mol. The Hall–Kier alpha value is -1.30. The zero-order valence-corrected chi connectivity index (χ0v) is 23.4. The van der Waals surface area contributed by atoms with Crippen molar-refractivity contribution in [3.63, 3.8) is 0 Å². The van der Waals surface area contributed by atoms with Crippen molar-refractivity contribution < 1.29 is 46.2 Å². The first kappa shape index (κ1) is 37.9. The maximum atomic E-state index is 12.2. The van der Waals surface area contributed by atoms with Gasteiger partial charge in [0, 0.05) is 0 Å². The summed E-state index contributed by atoms with van der Waals surface area (Å²) in [5.41, 5.74) is -4.43. The van der Waals surface area contributed by atoms with E-state index in [0.717, 1.165) is 0 Å². The molecule has 0 atom stereocenters. The van der Waals surface area contributed by atoms with Gasteiger partial charge < -0.3 is 19.8 Å². The van der Waals surface area contributed by atoms with E-state index in [0.29, 0.717) is 0 Å². The molecule has 0 heterocycles. The number of rotatable bonds is 13. The first-order valence-electron chi connectivity index (χ1n) is 13.5. The number of nitrogens with one attached hydrogen (secondary N) is 2. The van der Waals surface area contributed by atoms with Gasteiger partial charge in [-0.2, -0.15) is 26.3 Å². The smallest absolute Gasteiger partial charge is 0.416 e. The molecule has 1 aromatic rings. The molecule has 1 rings (SSSR count). The van der Waals surface area contributed by atoms with Crippen molar-refractivity contribution in [2.24, 2.45) is 0 Å². The maximum absolute atomic E-state index is 12.2. The highest BCUT2D eigenvalue weighted by Gasteiger charge is 2.36. The van der Waals surface area contributed by atoms with Gasteiger partial charge in [0.1, 0.15) is 0 Å². The Balaban J connectivity index is 0. The Morgan fingerprint density at radius 3 is 0.946 bits per heavy atom. The van der Waals surface area contributed by atoms with Crippen LogP contribution in [0.2, 0.25) is 0 Å². The Labute approximate surface area is 220 Å². The Morgan fingerprint density at radius 2 is 0.784 bits per heavy atom. The molecule has 2 N–H and O–H groups in total. The molecule has 0 fully saturated rings. The summed E-state index contributed by atoms with van der Waals surface area (Å²) in [7, 11) is -2.90. The normalized spacial score (nSPS) is 11.7. The minimum atomic E-state index is -5.05. The number of hydrogen-bond acceptors (Lipinski definition) is 2. The summed E-state index contributed by atoms with van der Waals surface area (Å²) < 4.78 is 73.4. The fourth-order valence-corrected chi connectivity index (χ4v) is 3.99. The molecule has 37 heavy (non-hydrogen) atoms. The number of halogens is 6. The van der Waals surface area contributed by atoms with Crippen LogP contribution in [0, 0.1) is 0 Å². The van der Waals surface area contributed by atoms with E-state index in [1.165, 1.54) is 77.8 Å². The molecule has 218 valence electrons. The minimum absolute atomic E-state index is 0.125. The van der Waals surface area contributed by atoms with Crippen LogP contribution in [-0.4, -0.2) is 46.4 Å². The van der Waals surface area contributed by atoms with Gasteiger partial charge in [-0.1, -0.05) is 60.8 Å². The van der Waals surface area contributed by atoms with Crippen molar-refractivity contribution >= 4 is 12.6 Å². The Morgan fingerprint density at radius 1 is 0.541 bits per heavy atom. The van der Waals surface area contributed by atoms with E-state index < -0.39 is 36.1 Å². The average Bonchev–Trinajstić information content (AvgIpc) is 2.79. The van der Waals surface area contributed by atoms with Crippen LogP contribution in [0.1, 0.15) is 91.2 Å². The van der Waals surface area contributed by atoms with Crippen LogP contribution in [0.4, 0.5) is 26.3 Å². The van der Waals surface area contributed by atoms with Crippen LogP contribution >= 0.6 is 0 Å². The third-order valence-corrected chi connectivity index (χ3v) is 5.50. The summed E-state index contributed by atoms with van der Waals surface area (Å²) in [6, 6.07) is 0.103. The van der Waals surface area contributed by atoms with Crippen LogP contribution in [-0.2, 0) is 12.4 Å². The van der Waals surface area contributed by atoms with Gasteiger partial charge in [-0.15, -0.1) is 5.46 Å². The standard InChI is InChI=1S/2C9H21N.C8H3BF6O2/c2*1-4-7-10(8-5-2)9-6-3;10-7(11,12)4-1-5(8(13,14)15)3-6(2-4)9(16)17/h2*4-9H2,1-3H3;1-3H/q;;-2/p+2. The summed E-state index contributed by atoms with van der Waals surface area (Å²) in [5, 5.41) is 20.8. The Bertz CT molecular complexity index is 609. The van der Waals surface area contributed by atoms with Gasteiger partial charge in [-0.25, -0.2) is 0 Å². The van der Waals surface area contributed by atoms with Crippen molar-refractivity contribution in [2.75, 3.05) is 39.3 Å². The summed E-state index contributed by atoms with van der Waals surface area (Å²) in [5.74, 6) is 0. The van der Waals surface area contributed by atoms with Gasteiger partial charge in [0.2, 0.25) is 0 Å². The molecule has 0 amide bonds. The molecule has 4 nitrogen and oxygen atoms in total. The molecular weight excluding hydrogens is 497 g/mol. The second-order valence-corrected chi connectivity index (χ2v) is 9.17. The number of quaternary nitrogens is 2. The van der Waals surface area contributed by atoms with Crippen LogP contribution in [0.25, 0.3) is 0 Å². The maximum Gasteiger partial charge on any atom is 0.416 e. The summed E-state index contributed by atoms with van der Waals surface area (Å²) in [6.45, 7) is 21.8. The van der Waals surface area contributed by atoms with Gasteiger partial charge in [0.05, 0.1) is 50.4 Å². The predicted octanol–water partition coefficient (Wildman–Crippen LogP) is 2.34. The number of alkyl halides is 6. The Kier molecular flexibility index (Phi) is 21.1. The van der Waals surface area contributed by atoms with E-state index in [4.69, 9.17) is 0 Å². The zero-order chi connectivity index (χ0) is 29.1. The lowest BCUT2D eigenvalue weighted by atomic mass is 9.78. The molecule has 0 aliphatic rings. The molecule has 11 heteroatoms. The highest BCUT2D eigenvalue weighted by Crippen LogP contribution is 2.34. The number of benzene rings is 1. The van der Waals surface area contributed by atoms with Crippen LogP contribution in [0.15, 0.2) is 18.2 Å². The van der Waals surface area contributed by atoms with E-state index in [2.05, 4.69) is 41.5 Å². The molecule has 0 aliphatic carbocycles. The molecule has 0 unspecified atom stereocenters. The minimum Gasteiger partial charge on any atom is -0.889 e. The van der Waals surface area contributed by atoms with Gasteiger partial charge in [0.15, 0.2) is 0 Å². The second kappa shape index (κ2) is 20.6. The zero-order valence-electron chi connectivity index (χ0n) is 23.4. The van der Waals surface area contributed by atoms with Crippen molar-refractivity contribution in [2.45, 2.75) is 92.4 Å². The lowest BCUT2D eigenvalue weighted by Gasteiger charge is -2.28. The molecule has 0 radical (unpaired) electrons. The van der Waals surface area contributed by atoms with E-state index >= 15 is 0 Å². The first-order valence-corrected chi connectivity index (χ1v) is 13.5. The molecule has 0 aromatic heterocycles. The largest absolute Gasteiger partial charge is 0.889 e. The fraction of sp³-hybridized carbons (Fsp3) is 0.769.